The molecule has 0 fully saturated rings. The predicted octanol–water partition coefficient (Wildman–Crippen LogP) is 0.898. The zero-order chi connectivity index (χ0) is 13.8. The van der Waals surface area contributed by atoms with Crippen molar-refractivity contribution in [2.75, 3.05) is 18.0 Å². The van der Waals surface area contributed by atoms with Crippen molar-refractivity contribution in [2.24, 2.45) is 10.9 Å². The lowest BCUT2D eigenvalue weighted by Crippen LogP contribution is -2.34. The fourth-order valence-corrected chi connectivity index (χ4v) is 2.60. The summed E-state index contributed by atoms with van der Waals surface area (Å²) < 4.78 is 23.2. The number of primary sulfonamides is 1. The van der Waals surface area contributed by atoms with Crippen LogP contribution in [0.3, 0.4) is 0 Å². The van der Waals surface area contributed by atoms with Crippen LogP contribution in [0.1, 0.15) is 20.3 Å². The SMILES string of the molecule is CC(C)N(CCCN)c1ccccc1S(N)(=O)=O. The first-order valence-corrected chi connectivity index (χ1v) is 7.51. The Bertz CT molecular complexity index is 486. The van der Waals surface area contributed by atoms with E-state index >= 15 is 0 Å². The highest BCUT2D eigenvalue weighted by Gasteiger charge is 2.19. The fourth-order valence-electron chi connectivity index (χ4n) is 1.85. The van der Waals surface area contributed by atoms with Crippen LogP contribution in [0.2, 0.25) is 0 Å². The van der Waals surface area contributed by atoms with Gasteiger partial charge in [0.05, 0.1) is 5.69 Å². The molecule has 0 saturated heterocycles. The number of rotatable bonds is 6. The minimum absolute atomic E-state index is 0.163. The van der Waals surface area contributed by atoms with Crippen LogP contribution in [0.4, 0.5) is 5.69 Å². The molecule has 0 aromatic heterocycles. The maximum Gasteiger partial charge on any atom is 0.240 e. The molecule has 5 nitrogen and oxygen atoms in total. The van der Waals surface area contributed by atoms with Crippen molar-refractivity contribution in [1.82, 2.24) is 0 Å². The van der Waals surface area contributed by atoms with Gasteiger partial charge in [-0.15, -0.1) is 0 Å². The lowest BCUT2D eigenvalue weighted by Gasteiger charge is -2.30. The molecule has 0 heterocycles. The van der Waals surface area contributed by atoms with Gasteiger partial charge in [-0.05, 0) is 38.9 Å². The highest BCUT2D eigenvalue weighted by atomic mass is 32.2. The van der Waals surface area contributed by atoms with Crippen LogP contribution < -0.4 is 15.8 Å². The monoisotopic (exact) mass is 271 g/mol. The molecular weight excluding hydrogens is 250 g/mol. The summed E-state index contributed by atoms with van der Waals surface area (Å²) >= 11 is 0. The van der Waals surface area contributed by atoms with Crippen LogP contribution >= 0.6 is 0 Å². The van der Waals surface area contributed by atoms with Gasteiger partial charge in [-0.2, -0.15) is 0 Å². The van der Waals surface area contributed by atoms with Crippen LogP contribution in [-0.2, 0) is 10.0 Å². The molecule has 1 aromatic rings. The van der Waals surface area contributed by atoms with Crippen molar-refractivity contribution in [1.29, 1.82) is 0 Å². The molecule has 4 N–H and O–H groups in total. The molecule has 1 rings (SSSR count). The Morgan fingerprint density at radius 2 is 1.89 bits per heavy atom. The second-order valence-electron chi connectivity index (χ2n) is 4.44. The smallest absolute Gasteiger partial charge is 0.240 e. The van der Waals surface area contributed by atoms with Crippen LogP contribution in [0.25, 0.3) is 0 Å². The van der Waals surface area contributed by atoms with Gasteiger partial charge in [0.2, 0.25) is 10.0 Å². The largest absolute Gasteiger partial charge is 0.368 e. The summed E-state index contributed by atoms with van der Waals surface area (Å²) in [6.07, 6.45) is 0.803. The molecule has 6 heteroatoms. The van der Waals surface area contributed by atoms with Gasteiger partial charge in [-0.1, -0.05) is 12.1 Å². The Morgan fingerprint density at radius 1 is 1.28 bits per heavy atom. The molecule has 0 aliphatic rings. The lowest BCUT2D eigenvalue weighted by molar-refractivity contribution is 0.595. The predicted molar refractivity (Wildman–Crippen MR) is 74.0 cm³/mol. The normalized spacial score (nSPS) is 11.8. The summed E-state index contributed by atoms with van der Waals surface area (Å²) in [5, 5.41) is 5.25. The van der Waals surface area contributed by atoms with E-state index in [9.17, 15) is 8.42 Å². The number of anilines is 1. The summed E-state index contributed by atoms with van der Waals surface area (Å²) in [4.78, 5) is 2.17. The molecule has 0 unspecified atom stereocenters. The Hall–Kier alpha value is -1.11. The molecule has 0 amide bonds. The fraction of sp³-hybridized carbons (Fsp3) is 0.500. The van der Waals surface area contributed by atoms with Crippen molar-refractivity contribution in [3.05, 3.63) is 24.3 Å². The molecule has 0 bridgehead atoms. The molecule has 0 aliphatic carbocycles. The number of nitrogens with two attached hydrogens (primary N) is 2. The highest BCUT2D eigenvalue weighted by molar-refractivity contribution is 7.89. The van der Waals surface area contributed by atoms with Gasteiger partial charge >= 0.3 is 0 Å². The van der Waals surface area contributed by atoms with E-state index in [1.807, 2.05) is 24.8 Å². The molecular formula is C12H21N3O2S. The van der Waals surface area contributed by atoms with Gasteiger partial charge in [0.1, 0.15) is 4.90 Å². The van der Waals surface area contributed by atoms with E-state index in [-0.39, 0.29) is 10.9 Å². The van der Waals surface area contributed by atoms with Crippen LogP contribution in [0.15, 0.2) is 29.2 Å². The molecule has 0 radical (unpaired) electrons. The Balaban J connectivity index is 3.20. The van der Waals surface area contributed by atoms with E-state index in [1.54, 1.807) is 12.1 Å². The van der Waals surface area contributed by atoms with Gasteiger partial charge in [-0.3, -0.25) is 0 Å². The Kier molecular flexibility index (Phi) is 5.13. The molecule has 0 aliphatic heterocycles. The number of para-hydroxylation sites is 1. The van der Waals surface area contributed by atoms with E-state index in [0.717, 1.165) is 6.42 Å². The molecule has 0 spiro atoms. The minimum atomic E-state index is -3.71. The van der Waals surface area contributed by atoms with Crippen molar-refractivity contribution in [3.63, 3.8) is 0 Å². The maximum absolute atomic E-state index is 11.6. The second kappa shape index (κ2) is 6.17. The average molecular weight is 271 g/mol. The van der Waals surface area contributed by atoms with Gasteiger partial charge in [0, 0.05) is 12.6 Å². The summed E-state index contributed by atoms with van der Waals surface area (Å²) in [5.41, 5.74) is 6.15. The van der Waals surface area contributed by atoms with Gasteiger partial charge in [0.25, 0.3) is 0 Å². The Morgan fingerprint density at radius 3 is 2.39 bits per heavy atom. The zero-order valence-electron chi connectivity index (χ0n) is 10.8. The lowest BCUT2D eigenvalue weighted by atomic mass is 10.2. The molecule has 0 saturated carbocycles. The molecule has 102 valence electrons. The zero-order valence-corrected chi connectivity index (χ0v) is 11.7. The number of sulfonamides is 1. The average Bonchev–Trinajstić information content (AvgIpc) is 2.28. The number of nitrogens with zero attached hydrogens (tertiary/aromatic N) is 1. The topological polar surface area (TPSA) is 89.4 Å². The third-order valence-electron chi connectivity index (χ3n) is 2.71. The summed E-state index contributed by atoms with van der Waals surface area (Å²) in [5.74, 6) is 0. The maximum atomic E-state index is 11.6. The van der Waals surface area contributed by atoms with Gasteiger partial charge in [-0.25, -0.2) is 13.6 Å². The minimum Gasteiger partial charge on any atom is -0.368 e. The van der Waals surface area contributed by atoms with E-state index in [1.165, 1.54) is 6.07 Å². The van der Waals surface area contributed by atoms with Crippen molar-refractivity contribution in [2.45, 2.75) is 31.2 Å². The first kappa shape index (κ1) is 14.9. The molecule has 0 atom stereocenters. The van der Waals surface area contributed by atoms with Crippen molar-refractivity contribution < 1.29 is 8.42 Å². The number of benzene rings is 1. The standard InChI is InChI=1S/C12H21N3O2S/c1-10(2)15(9-5-8-13)11-6-3-4-7-12(11)18(14,16)17/h3-4,6-7,10H,5,8-9,13H2,1-2H3,(H2,14,16,17). The Labute approximate surface area is 109 Å². The van der Waals surface area contributed by atoms with Gasteiger partial charge < -0.3 is 10.6 Å². The summed E-state index contributed by atoms with van der Waals surface area (Å²) in [6, 6.07) is 6.96. The van der Waals surface area contributed by atoms with Crippen LogP contribution in [0.5, 0.6) is 0 Å². The van der Waals surface area contributed by atoms with E-state index in [0.29, 0.717) is 18.8 Å². The van der Waals surface area contributed by atoms with Crippen LogP contribution in [-0.4, -0.2) is 27.5 Å². The quantitative estimate of drug-likeness (QED) is 0.804. The van der Waals surface area contributed by atoms with Crippen molar-refractivity contribution in [3.8, 4) is 0 Å². The van der Waals surface area contributed by atoms with E-state index < -0.39 is 10.0 Å². The number of hydrogen-bond donors (Lipinski definition) is 2. The van der Waals surface area contributed by atoms with Gasteiger partial charge in [0.15, 0.2) is 0 Å². The first-order chi connectivity index (χ1) is 8.38. The number of hydrogen-bond acceptors (Lipinski definition) is 4. The molecule has 18 heavy (non-hydrogen) atoms. The third-order valence-corrected chi connectivity index (χ3v) is 3.67. The van der Waals surface area contributed by atoms with Crippen LogP contribution in [0, 0.1) is 0 Å². The first-order valence-electron chi connectivity index (χ1n) is 5.96. The molecule has 1 aromatic carbocycles. The highest BCUT2D eigenvalue weighted by Crippen LogP contribution is 2.25. The summed E-state index contributed by atoms with van der Waals surface area (Å²) in [7, 11) is -3.71. The second-order valence-corrected chi connectivity index (χ2v) is 5.97. The third kappa shape index (κ3) is 3.69. The van der Waals surface area contributed by atoms with E-state index in [4.69, 9.17) is 10.9 Å². The van der Waals surface area contributed by atoms with Crippen molar-refractivity contribution >= 4 is 15.7 Å². The van der Waals surface area contributed by atoms with E-state index in [2.05, 4.69) is 0 Å². The summed E-state index contributed by atoms with van der Waals surface area (Å²) in [6.45, 7) is 5.30.